The molecule has 0 unspecified atom stereocenters. The molecule has 112 valence electrons. The van der Waals surface area contributed by atoms with Gasteiger partial charge in [0.2, 0.25) is 0 Å². The third-order valence-electron chi connectivity index (χ3n) is 3.05. The van der Waals surface area contributed by atoms with E-state index in [1.54, 1.807) is 20.4 Å². The van der Waals surface area contributed by atoms with Crippen LogP contribution in [-0.2, 0) is 6.54 Å². The summed E-state index contributed by atoms with van der Waals surface area (Å²) >= 11 is 0. The summed E-state index contributed by atoms with van der Waals surface area (Å²) in [5, 5.41) is 3.35. The first-order chi connectivity index (χ1) is 10.1. The van der Waals surface area contributed by atoms with Gasteiger partial charge in [0.15, 0.2) is 17.3 Å². The van der Waals surface area contributed by atoms with Crippen LogP contribution in [0.5, 0.6) is 11.5 Å². The molecule has 2 aromatic rings. The maximum atomic E-state index is 5.31. The molecule has 1 aromatic heterocycles. The molecular formula is C16H21N3O2. The van der Waals surface area contributed by atoms with Crippen molar-refractivity contribution in [2.24, 2.45) is 0 Å². The summed E-state index contributed by atoms with van der Waals surface area (Å²) in [4.78, 5) is 8.91. The highest BCUT2D eigenvalue weighted by molar-refractivity contribution is 5.61. The zero-order valence-corrected chi connectivity index (χ0v) is 12.9. The number of hydrogen-bond acceptors (Lipinski definition) is 5. The normalized spacial score (nSPS) is 10.7. The Morgan fingerprint density at radius 1 is 1.10 bits per heavy atom. The van der Waals surface area contributed by atoms with Crippen LogP contribution in [-0.4, -0.2) is 30.2 Å². The number of ether oxygens (including phenoxy) is 2. The molecule has 0 bridgehead atoms. The molecule has 0 aliphatic carbocycles. The van der Waals surface area contributed by atoms with E-state index in [0.29, 0.717) is 23.4 Å². The van der Waals surface area contributed by atoms with E-state index in [1.165, 1.54) is 0 Å². The maximum Gasteiger partial charge on any atom is 0.161 e. The van der Waals surface area contributed by atoms with Crippen LogP contribution in [0.2, 0.25) is 0 Å². The fourth-order valence-corrected chi connectivity index (χ4v) is 1.92. The molecule has 2 rings (SSSR count). The Kier molecular flexibility index (Phi) is 5.11. The average Bonchev–Trinajstić information content (AvgIpc) is 2.52. The van der Waals surface area contributed by atoms with E-state index < -0.39 is 0 Å². The Hall–Kier alpha value is -2.14. The largest absolute Gasteiger partial charge is 0.493 e. The quantitative estimate of drug-likeness (QED) is 0.885. The van der Waals surface area contributed by atoms with Gasteiger partial charge < -0.3 is 14.8 Å². The molecule has 0 spiro atoms. The molecule has 1 N–H and O–H groups in total. The second kappa shape index (κ2) is 7.04. The number of rotatable bonds is 6. The van der Waals surface area contributed by atoms with Gasteiger partial charge in [0.25, 0.3) is 0 Å². The molecule has 5 nitrogen and oxygen atoms in total. The zero-order chi connectivity index (χ0) is 15.2. The van der Waals surface area contributed by atoms with Crippen molar-refractivity contribution in [3.8, 4) is 22.9 Å². The lowest BCUT2D eigenvalue weighted by molar-refractivity contribution is 0.355. The second-order valence-corrected chi connectivity index (χ2v) is 4.98. The minimum absolute atomic E-state index is 0.421. The Morgan fingerprint density at radius 2 is 1.86 bits per heavy atom. The first-order valence-electron chi connectivity index (χ1n) is 6.91. The van der Waals surface area contributed by atoms with E-state index in [2.05, 4.69) is 29.1 Å². The van der Waals surface area contributed by atoms with Gasteiger partial charge in [-0.2, -0.15) is 0 Å². The average molecular weight is 287 g/mol. The minimum atomic E-state index is 0.421. The van der Waals surface area contributed by atoms with Crippen LogP contribution < -0.4 is 14.8 Å². The van der Waals surface area contributed by atoms with Gasteiger partial charge in [-0.25, -0.2) is 9.97 Å². The van der Waals surface area contributed by atoms with Crippen LogP contribution in [0.15, 0.2) is 30.5 Å². The van der Waals surface area contributed by atoms with Crippen molar-refractivity contribution >= 4 is 0 Å². The van der Waals surface area contributed by atoms with E-state index in [9.17, 15) is 0 Å². The monoisotopic (exact) mass is 287 g/mol. The Bertz CT molecular complexity index is 600. The summed E-state index contributed by atoms with van der Waals surface area (Å²) in [6.07, 6.45) is 1.77. The Labute approximate surface area is 125 Å². The van der Waals surface area contributed by atoms with Crippen LogP contribution in [0.4, 0.5) is 0 Å². The lowest BCUT2D eigenvalue weighted by Gasteiger charge is -2.10. The lowest BCUT2D eigenvalue weighted by Crippen LogP contribution is -2.22. The van der Waals surface area contributed by atoms with E-state index in [1.807, 2.05) is 24.3 Å². The van der Waals surface area contributed by atoms with Crippen molar-refractivity contribution in [1.82, 2.24) is 15.3 Å². The topological polar surface area (TPSA) is 56.3 Å². The van der Waals surface area contributed by atoms with Crippen molar-refractivity contribution in [1.29, 1.82) is 0 Å². The van der Waals surface area contributed by atoms with Crippen LogP contribution in [0.25, 0.3) is 11.4 Å². The fourth-order valence-electron chi connectivity index (χ4n) is 1.92. The number of methoxy groups -OCH3 is 2. The molecule has 0 saturated heterocycles. The molecule has 0 radical (unpaired) electrons. The highest BCUT2D eigenvalue weighted by Crippen LogP contribution is 2.30. The fraction of sp³-hybridized carbons (Fsp3) is 0.375. The molecule has 21 heavy (non-hydrogen) atoms. The predicted molar refractivity (Wildman–Crippen MR) is 82.5 cm³/mol. The summed E-state index contributed by atoms with van der Waals surface area (Å²) in [7, 11) is 3.23. The Morgan fingerprint density at radius 3 is 2.52 bits per heavy atom. The third-order valence-corrected chi connectivity index (χ3v) is 3.05. The van der Waals surface area contributed by atoms with Gasteiger partial charge in [-0.05, 0) is 24.3 Å². The smallest absolute Gasteiger partial charge is 0.161 e. The summed E-state index contributed by atoms with van der Waals surface area (Å²) in [6, 6.07) is 8.00. The van der Waals surface area contributed by atoms with Gasteiger partial charge in [-0.15, -0.1) is 0 Å². The minimum Gasteiger partial charge on any atom is -0.493 e. The summed E-state index contributed by atoms with van der Waals surface area (Å²) < 4.78 is 10.6. The second-order valence-electron chi connectivity index (χ2n) is 4.98. The highest BCUT2D eigenvalue weighted by atomic mass is 16.5. The standard InChI is InChI=1S/C16H21N3O2/c1-11(2)18-10-13-7-8-17-16(19-13)12-5-6-14(20-3)15(9-12)21-4/h5-9,11,18H,10H2,1-4H3. The first-order valence-corrected chi connectivity index (χ1v) is 6.91. The highest BCUT2D eigenvalue weighted by Gasteiger charge is 2.08. The molecule has 5 heteroatoms. The summed E-state index contributed by atoms with van der Waals surface area (Å²) in [5.74, 6) is 2.04. The van der Waals surface area contributed by atoms with Gasteiger partial charge in [-0.1, -0.05) is 13.8 Å². The Balaban J connectivity index is 2.27. The predicted octanol–water partition coefficient (Wildman–Crippen LogP) is 2.66. The summed E-state index contributed by atoms with van der Waals surface area (Å²) in [5.41, 5.74) is 1.86. The first kappa shape index (κ1) is 15.3. The van der Waals surface area contributed by atoms with E-state index in [0.717, 1.165) is 17.8 Å². The van der Waals surface area contributed by atoms with Crippen molar-refractivity contribution < 1.29 is 9.47 Å². The van der Waals surface area contributed by atoms with Crippen LogP contribution in [0.3, 0.4) is 0 Å². The molecule has 1 aromatic carbocycles. The molecular weight excluding hydrogens is 266 g/mol. The van der Waals surface area contributed by atoms with Gasteiger partial charge in [0.05, 0.1) is 19.9 Å². The van der Waals surface area contributed by atoms with Crippen molar-refractivity contribution in [3.05, 3.63) is 36.2 Å². The van der Waals surface area contributed by atoms with Crippen molar-refractivity contribution in [3.63, 3.8) is 0 Å². The van der Waals surface area contributed by atoms with Crippen LogP contribution in [0, 0.1) is 0 Å². The van der Waals surface area contributed by atoms with E-state index in [-0.39, 0.29) is 0 Å². The molecule has 0 atom stereocenters. The van der Waals surface area contributed by atoms with Gasteiger partial charge in [-0.3, -0.25) is 0 Å². The molecule has 1 heterocycles. The molecule has 0 amide bonds. The van der Waals surface area contributed by atoms with Crippen LogP contribution >= 0.6 is 0 Å². The van der Waals surface area contributed by atoms with Crippen molar-refractivity contribution in [2.45, 2.75) is 26.4 Å². The number of nitrogens with one attached hydrogen (secondary N) is 1. The number of nitrogens with zero attached hydrogens (tertiary/aromatic N) is 2. The number of benzene rings is 1. The lowest BCUT2D eigenvalue weighted by atomic mass is 10.2. The van der Waals surface area contributed by atoms with E-state index in [4.69, 9.17) is 9.47 Å². The van der Waals surface area contributed by atoms with Gasteiger partial charge >= 0.3 is 0 Å². The number of aromatic nitrogens is 2. The number of hydrogen-bond donors (Lipinski definition) is 1. The van der Waals surface area contributed by atoms with Crippen LogP contribution in [0.1, 0.15) is 19.5 Å². The molecule has 0 aliphatic rings. The molecule has 0 saturated carbocycles. The third kappa shape index (κ3) is 3.92. The van der Waals surface area contributed by atoms with E-state index >= 15 is 0 Å². The van der Waals surface area contributed by atoms with Gasteiger partial charge in [0.1, 0.15) is 0 Å². The van der Waals surface area contributed by atoms with Crippen molar-refractivity contribution in [2.75, 3.05) is 14.2 Å². The summed E-state index contributed by atoms with van der Waals surface area (Å²) in [6.45, 7) is 4.94. The molecule has 0 fully saturated rings. The molecule has 0 aliphatic heterocycles. The zero-order valence-electron chi connectivity index (χ0n) is 12.9. The SMILES string of the molecule is COc1ccc(-c2nccc(CNC(C)C)n2)cc1OC. The van der Waals surface area contributed by atoms with Gasteiger partial charge in [0, 0.05) is 24.3 Å². The maximum absolute atomic E-state index is 5.31.